The van der Waals surface area contributed by atoms with Crippen LogP contribution < -0.4 is 0 Å². The summed E-state index contributed by atoms with van der Waals surface area (Å²) in [5.41, 5.74) is 2.08. The van der Waals surface area contributed by atoms with E-state index in [1.54, 1.807) is 5.57 Å². The molecule has 0 radical (unpaired) electrons. The van der Waals surface area contributed by atoms with Crippen molar-refractivity contribution in [1.29, 1.82) is 0 Å². The first-order valence-corrected chi connectivity index (χ1v) is 14.1. The molecule has 5 fully saturated rings. The lowest BCUT2D eigenvalue weighted by atomic mass is 9.43. The standard InChI is InChI=1S/C25H40O5S/c1-7-15-8-9-17-20-18(11-13-24(15,17)4)25(5)12-10-16(30-31(6,26)27)14-19(25)21-22(20)29-23(2,3)28-21/h7,16-22H,8-14H2,1-6H3/b15-7-/t16-,17?,18?,19?,20?,21+,22+,24+,25+/m0/s1. The molecular formula is C25H40O5S. The third-order valence-corrected chi connectivity index (χ3v) is 10.6. The predicted molar refractivity (Wildman–Crippen MR) is 120 cm³/mol. The van der Waals surface area contributed by atoms with Gasteiger partial charge in [0.25, 0.3) is 10.1 Å². The molecule has 1 heterocycles. The molecule has 0 spiro atoms. The van der Waals surface area contributed by atoms with Gasteiger partial charge in [-0.3, -0.25) is 4.18 Å². The van der Waals surface area contributed by atoms with Crippen molar-refractivity contribution < 1.29 is 22.1 Å². The van der Waals surface area contributed by atoms with E-state index in [-0.39, 0.29) is 35.1 Å². The van der Waals surface area contributed by atoms with Gasteiger partial charge in [-0.25, -0.2) is 0 Å². The maximum atomic E-state index is 11.8. The van der Waals surface area contributed by atoms with Gasteiger partial charge in [0.05, 0.1) is 24.6 Å². The Bertz CT molecular complexity index is 878. The number of hydrogen-bond acceptors (Lipinski definition) is 5. The Morgan fingerprint density at radius 1 is 0.968 bits per heavy atom. The van der Waals surface area contributed by atoms with E-state index in [0.717, 1.165) is 19.3 Å². The molecule has 0 bridgehead atoms. The van der Waals surface area contributed by atoms with E-state index in [9.17, 15) is 8.42 Å². The monoisotopic (exact) mass is 452 g/mol. The van der Waals surface area contributed by atoms with Crippen molar-refractivity contribution in [2.24, 2.45) is 34.5 Å². The van der Waals surface area contributed by atoms with Gasteiger partial charge in [-0.15, -0.1) is 0 Å². The lowest BCUT2D eigenvalue weighted by Gasteiger charge is -2.63. The number of allylic oxidation sites excluding steroid dienone is 2. The summed E-state index contributed by atoms with van der Waals surface area (Å²) >= 11 is 0. The molecule has 0 aromatic rings. The summed E-state index contributed by atoms with van der Waals surface area (Å²) in [7, 11) is -3.46. The van der Waals surface area contributed by atoms with Gasteiger partial charge in [-0.2, -0.15) is 8.42 Å². The fraction of sp³-hybridized carbons (Fsp3) is 0.920. The van der Waals surface area contributed by atoms with Gasteiger partial charge < -0.3 is 9.47 Å². The highest BCUT2D eigenvalue weighted by atomic mass is 32.2. The normalized spacial score (nSPS) is 52.3. The van der Waals surface area contributed by atoms with Crippen LogP contribution in [0.5, 0.6) is 0 Å². The largest absolute Gasteiger partial charge is 0.344 e. The van der Waals surface area contributed by atoms with E-state index in [1.807, 2.05) is 13.8 Å². The number of fused-ring (bicyclic) bond motifs is 8. The molecule has 1 aliphatic heterocycles. The van der Waals surface area contributed by atoms with Crippen molar-refractivity contribution in [3.8, 4) is 0 Å². The molecular weight excluding hydrogens is 412 g/mol. The van der Waals surface area contributed by atoms with E-state index in [4.69, 9.17) is 13.7 Å². The third-order valence-electron chi connectivity index (χ3n) is 10.00. The second-order valence-electron chi connectivity index (χ2n) is 12.0. The van der Waals surface area contributed by atoms with Crippen molar-refractivity contribution in [2.45, 2.75) is 104 Å². The summed E-state index contributed by atoms with van der Waals surface area (Å²) in [6, 6.07) is 0. The van der Waals surface area contributed by atoms with Gasteiger partial charge in [-0.1, -0.05) is 25.5 Å². The molecule has 5 aliphatic rings. The van der Waals surface area contributed by atoms with Gasteiger partial charge >= 0.3 is 0 Å². The zero-order chi connectivity index (χ0) is 22.4. The van der Waals surface area contributed by atoms with Crippen LogP contribution in [-0.4, -0.2) is 38.8 Å². The average Bonchev–Trinajstić information content (AvgIpc) is 3.16. The highest BCUT2D eigenvalue weighted by molar-refractivity contribution is 7.86. The van der Waals surface area contributed by atoms with Crippen molar-refractivity contribution in [2.75, 3.05) is 6.26 Å². The zero-order valence-corrected chi connectivity index (χ0v) is 20.8. The van der Waals surface area contributed by atoms with E-state index < -0.39 is 15.9 Å². The van der Waals surface area contributed by atoms with Crippen LogP contribution in [0, 0.1) is 34.5 Å². The Kier molecular flexibility index (Phi) is 5.08. The molecule has 9 atom stereocenters. The SMILES string of the molecule is C/C=C1/CCC2C3C(CC[C@]12C)[C@@]1(C)CC[C@H](OS(C)(=O)=O)CC1[C@H]1OC(C)(C)O[C@H]31. The quantitative estimate of drug-likeness (QED) is 0.433. The fourth-order valence-corrected chi connectivity index (χ4v) is 9.47. The molecule has 5 nitrogen and oxygen atoms in total. The van der Waals surface area contributed by atoms with Crippen LogP contribution >= 0.6 is 0 Å². The Balaban J connectivity index is 1.53. The summed E-state index contributed by atoms with van der Waals surface area (Å²) in [5.74, 6) is 1.44. The van der Waals surface area contributed by atoms with Crippen molar-refractivity contribution >= 4 is 10.1 Å². The van der Waals surface area contributed by atoms with E-state index in [1.165, 1.54) is 31.9 Å². The Labute approximate surface area is 188 Å². The first-order valence-electron chi connectivity index (χ1n) is 12.3. The maximum Gasteiger partial charge on any atom is 0.264 e. The minimum Gasteiger partial charge on any atom is -0.344 e. The second-order valence-corrected chi connectivity index (χ2v) is 13.6. The smallest absolute Gasteiger partial charge is 0.264 e. The van der Waals surface area contributed by atoms with Gasteiger partial charge in [0.2, 0.25) is 0 Å². The minimum absolute atomic E-state index is 0.0178. The van der Waals surface area contributed by atoms with Crippen LogP contribution in [0.1, 0.15) is 79.6 Å². The van der Waals surface area contributed by atoms with Crippen LogP contribution in [0.3, 0.4) is 0 Å². The second kappa shape index (κ2) is 7.04. The van der Waals surface area contributed by atoms with Gasteiger partial charge in [0.15, 0.2) is 5.79 Å². The van der Waals surface area contributed by atoms with Gasteiger partial charge in [-0.05, 0) is 100 Å². The lowest BCUT2D eigenvalue weighted by Crippen LogP contribution is -2.63. The van der Waals surface area contributed by atoms with E-state index in [2.05, 4.69) is 26.8 Å². The topological polar surface area (TPSA) is 61.8 Å². The zero-order valence-electron chi connectivity index (χ0n) is 20.0. The van der Waals surface area contributed by atoms with E-state index >= 15 is 0 Å². The van der Waals surface area contributed by atoms with Gasteiger partial charge in [0.1, 0.15) is 0 Å². The molecule has 6 heteroatoms. The molecule has 31 heavy (non-hydrogen) atoms. The highest BCUT2D eigenvalue weighted by Crippen LogP contribution is 2.69. The summed E-state index contributed by atoms with van der Waals surface area (Å²) < 4.78 is 42.4. The molecule has 0 aromatic heterocycles. The predicted octanol–water partition coefficient (Wildman–Crippen LogP) is 5.06. The number of rotatable bonds is 2. The Morgan fingerprint density at radius 2 is 1.68 bits per heavy atom. The van der Waals surface area contributed by atoms with Crippen molar-refractivity contribution in [3.05, 3.63) is 11.6 Å². The Morgan fingerprint density at radius 3 is 2.35 bits per heavy atom. The average molecular weight is 453 g/mol. The highest BCUT2D eigenvalue weighted by Gasteiger charge is 2.68. The van der Waals surface area contributed by atoms with Crippen LogP contribution in [0.15, 0.2) is 11.6 Å². The maximum absolute atomic E-state index is 11.8. The van der Waals surface area contributed by atoms with Crippen LogP contribution in [0.2, 0.25) is 0 Å². The lowest BCUT2D eigenvalue weighted by molar-refractivity contribution is -0.180. The molecule has 4 aliphatic carbocycles. The number of ether oxygens (including phenoxy) is 2. The first-order chi connectivity index (χ1) is 14.4. The van der Waals surface area contributed by atoms with E-state index in [0.29, 0.717) is 17.8 Å². The number of hydrogen-bond donors (Lipinski definition) is 0. The summed E-state index contributed by atoms with van der Waals surface area (Å²) in [6.07, 6.45) is 10.9. The molecule has 4 saturated carbocycles. The molecule has 1 saturated heterocycles. The van der Waals surface area contributed by atoms with Crippen LogP contribution in [0.4, 0.5) is 0 Å². The van der Waals surface area contributed by atoms with Crippen LogP contribution in [-0.2, 0) is 23.8 Å². The summed E-state index contributed by atoms with van der Waals surface area (Å²) in [6.45, 7) is 11.2. The molecule has 4 unspecified atom stereocenters. The third kappa shape index (κ3) is 3.38. The van der Waals surface area contributed by atoms with Crippen LogP contribution in [0.25, 0.3) is 0 Å². The van der Waals surface area contributed by atoms with Gasteiger partial charge in [0, 0.05) is 0 Å². The van der Waals surface area contributed by atoms with Crippen molar-refractivity contribution in [3.63, 3.8) is 0 Å². The molecule has 176 valence electrons. The molecule has 0 N–H and O–H groups in total. The van der Waals surface area contributed by atoms with Crippen molar-refractivity contribution in [1.82, 2.24) is 0 Å². The minimum atomic E-state index is -3.46. The molecule has 0 amide bonds. The molecule has 5 rings (SSSR count). The Hall–Kier alpha value is -0.430. The fourth-order valence-electron chi connectivity index (χ4n) is 8.80. The summed E-state index contributed by atoms with van der Waals surface area (Å²) in [5, 5.41) is 0. The first kappa shape index (κ1) is 22.4. The molecule has 0 aromatic carbocycles. The summed E-state index contributed by atoms with van der Waals surface area (Å²) in [4.78, 5) is 0.